The average Bonchev–Trinajstić information content (AvgIpc) is 3.45. The molecule has 1 aromatic rings. The maximum atomic E-state index is 12.7. The van der Waals surface area contributed by atoms with Crippen LogP contribution in [0.2, 0.25) is 0 Å². The molecule has 1 atom stereocenters. The summed E-state index contributed by atoms with van der Waals surface area (Å²) >= 11 is 0. The third-order valence-corrected chi connectivity index (χ3v) is 5.76. The smallest absolute Gasteiger partial charge is 0.225 e. The highest BCUT2D eigenvalue weighted by Crippen LogP contribution is 2.27. The Morgan fingerprint density at radius 1 is 1.23 bits per heavy atom. The van der Waals surface area contributed by atoms with Gasteiger partial charge in [-0.1, -0.05) is 25.0 Å². The molecule has 0 spiro atoms. The molecule has 30 heavy (non-hydrogen) atoms. The summed E-state index contributed by atoms with van der Waals surface area (Å²) in [5, 5.41) is 6.84. The van der Waals surface area contributed by atoms with Crippen molar-refractivity contribution in [2.75, 3.05) is 40.0 Å². The Hall–Kier alpha value is -2.28. The van der Waals surface area contributed by atoms with Crippen molar-refractivity contribution in [1.82, 2.24) is 15.5 Å². The minimum atomic E-state index is 0.247. The summed E-state index contributed by atoms with van der Waals surface area (Å²) in [6.07, 6.45) is 5.48. The maximum absolute atomic E-state index is 12.7. The zero-order chi connectivity index (χ0) is 21.2. The number of methoxy groups -OCH3 is 1. The molecule has 7 heteroatoms. The molecule has 1 aliphatic heterocycles. The zero-order valence-electron chi connectivity index (χ0n) is 18.4. The molecule has 2 fully saturated rings. The minimum Gasteiger partial charge on any atom is -0.491 e. The van der Waals surface area contributed by atoms with E-state index in [1.165, 1.54) is 12.8 Å². The second-order valence-corrected chi connectivity index (χ2v) is 8.08. The van der Waals surface area contributed by atoms with Crippen molar-refractivity contribution < 1.29 is 14.3 Å². The van der Waals surface area contributed by atoms with Gasteiger partial charge in [-0.05, 0) is 43.9 Å². The van der Waals surface area contributed by atoms with Crippen LogP contribution in [0.5, 0.6) is 5.75 Å². The summed E-state index contributed by atoms with van der Waals surface area (Å²) in [7, 11) is 1.66. The van der Waals surface area contributed by atoms with E-state index in [0.29, 0.717) is 25.7 Å². The van der Waals surface area contributed by atoms with Gasteiger partial charge in [0.05, 0.1) is 13.2 Å². The number of carbonyl (C=O) groups excluding carboxylic acids is 1. The van der Waals surface area contributed by atoms with Crippen molar-refractivity contribution in [1.29, 1.82) is 0 Å². The molecule has 1 aliphatic carbocycles. The van der Waals surface area contributed by atoms with Crippen LogP contribution in [0.15, 0.2) is 29.3 Å². The summed E-state index contributed by atoms with van der Waals surface area (Å²) in [6.45, 7) is 6.13. The standard InChI is InChI=1S/C23H36N4O3/c1-3-24-23(25-16-18-7-6-10-21(15-18)30-14-13-29-2)26-20-11-12-27(17-20)22(28)19-8-4-5-9-19/h6-7,10,15,19-20H,3-5,8-9,11-14,16-17H2,1-2H3,(H2,24,25,26). The van der Waals surface area contributed by atoms with Gasteiger partial charge in [-0.3, -0.25) is 4.79 Å². The van der Waals surface area contributed by atoms with Crippen molar-refractivity contribution in [3.63, 3.8) is 0 Å². The summed E-state index contributed by atoms with van der Waals surface area (Å²) < 4.78 is 10.7. The zero-order valence-corrected chi connectivity index (χ0v) is 18.4. The van der Waals surface area contributed by atoms with Crippen molar-refractivity contribution in [3.8, 4) is 5.75 Å². The largest absolute Gasteiger partial charge is 0.491 e. The lowest BCUT2D eigenvalue weighted by atomic mass is 10.1. The molecule has 0 radical (unpaired) electrons. The predicted molar refractivity (Wildman–Crippen MR) is 119 cm³/mol. The van der Waals surface area contributed by atoms with Gasteiger partial charge in [-0.25, -0.2) is 4.99 Å². The lowest BCUT2D eigenvalue weighted by Crippen LogP contribution is -2.45. The SMILES string of the molecule is CCNC(=NCc1cccc(OCCOC)c1)NC1CCN(C(=O)C2CCCC2)C1. The van der Waals surface area contributed by atoms with Crippen LogP contribution >= 0.6 is 0 Å². The van der Waals surface area contributed by atoms with E-state index in [1.54, 1.807) is 7.11 Å². The molecule has 1 unspecified atom stereocenters. The number of nitrogens with one attached hydrogen (secondary N) is 2. The molecule has 1 saturated carbocycles. The number of benzene rings is 1. The van der Waals surface area contributed by atoms with Crippen LogP contribution in [0.4, 0.5) is 0 Å². The Bertz CT molecular complexity index is 703. The third kappa shape index (κ3) is 6.62. The van der Waals surface area contributed by atoms with Crippen molar-refractivity contribution in [3.05, 3.63) is 29.8 Å². The van der Waals surface area contributed by atoms with E-state index in [1.807, 2.05) is 29.2 Å². The average molecular weight is 417 g/mol. The molecular formula is C23H36N4O3. The lowest BCUT2D eigenvalue weighted by molar-refractivity contribution is -0.134. The van der Waals surface area contributed by atoms with Crippen LogP contribution in [-0.4, -0.2) is 62.8 Å². The van der Waals surface area contributed by atoms with E-state index in [2.05, 4.69) is 17.6 Å². The number of hydrogen-bond donors (Lipinski definition) is 2. The maximum Gasteiger partial charge on any atom is 0.225 e. The summed E-state index contributed by atoms with van der Waals surface area (Å²) in [6, 6.07) is 8.24. The molecule has 1 heterocycles. The van der Waals surface area contributed by atoms with Gasteiger partial charge in [0.2, 0.25) is 5.91 Å². The second-order valence-electron chi connectivity index (χ2n) is 8.08. The number of hydrogen-bond acceptors (Lipinski definition) is 4. The Labute approximate surface area is 180 Å². The van der Waals surface area contributed by atoms with E-state index >= 15 is 0 Å². The number of ether oxygens (including phenoxy) is 2. The van der Waals surface area contributed by atoms with Crippen molar-refractivity contribution in [2.24, 2.45) is 10.9 Å². The fourth-order valence-corrected chi connectivity index (χ4v) is 4.17. The van der Waals surface area contributed by atoms with Gasteiger partial charge in [0.25, 0.3) is 0 Å². The number of nitrogens with zero attached hydrogens (tertiary/aromatic N) is 2. The minimum absolute atomic E-state index is 0.247. The molecule has 1 amide bonds. The van der Waals surface area contributed by atoms with E-state index in [9.17, 15) is 4.79 Å². The topological polar surface area (TPSA) is 75.2 Å². The fourth-order valence-electron chi connectivity index (χ4n) is 4.17. The van der Waals surface area contributed by atoms with Gasteiger partial charge in [0.15, 0.2) is 5.96 Å². The molecule has 2 aliphatic rings. The number of guanidine groups is 1. The van der Waals surface area contributed by atoms with Gasteiger partial charge >= 0.3 is 0 Å². The second kappa shape index (κ2) is 11.8. The first-order valence-electron chi connectivity index (χ1n) is 11.2. The highest BCUT2D eigenvalue weighted by atomic mass is 16.5. The summed E-state index contributed by atoms with van der Waals surface area (Å²) in [5.41, 5.74) is 1.09. The molecular weight excluding hydrogens is 380 g/mol. The van der Waals surface area contributed by atoms with Gasteiger partial charge in [0, 0.05) is 38.7 Å². The van der Waals surface area contributed by atoms with Crippen LogP contribution in [0, 0.1) is 5.92 Å². The van der Waals surface area contributed by atoms with E-state index < -0.39 is 0 Å². The van der Waals surface area contributed by atoms with Crippen molar-refractivity contribution in [2.45, 2.75) is 51.6 Å². The quantitative estimate of drug-likeness (QED) is 0.368. The van der Waals surface area contributed by atoms with Crippen LogP contribution in [0.1, 0.15) is 44.6 Å². The van der Waals surface area contributed by atoms with Crippen LogP contribution in [0.3, 0.4) is 0 Å². The molecule has 2 N–H and O–H groups in total. The predicted octanol–water partition coefficient (Wildman–Crippen LogP) is 2.56. The normalized spacial score (nSPS) is 19.9. The monoisotopic (exact) mass is 416 g/mol. The summed E-state index contributed by atoms with van der Waals surface area (Å²) in [4.78, 5) is 19.5. The fraction of sp³-hybridized carbons (Fsp3) is 0.652. The first-order valence-corrected chi connectivity index (χ1v) is 11.2. The molecule has 7 nitrogen and oxygen atoms in total. The first kappa shape index (κ1) is 22.4. The van der Waals surface area contributed by atoms with Crippen LogP contribution in [0.25, 0.3) is 0 Å². The van der Waals surface area contributed by atoms with Gasteiger partial charge in [-0.2, -0.15) is 0 Å². The van der Waals surface area contributed by atoms with Crippen molar-refractivity contribution >= 4 is 11.9 Å². The number of amides is 1. The highest BCUT2D eigenvalue weighted by molar-refractivity contribution is 5.81. The van der Waals surface area contributed by atoms with Gasteiger partial charge in [-0.15, -0.1) is 0 Å². The molecule has 3 rings (SSSR count). The molecule has 0 bridgehead atoms. The Kier molecular flexibility index (Phi) is 8.81. The molecule has 0 aromatic heterocycles. The number of likely N-dealkylation sites (tertiary alicyclic amines) is 1. The van der Waals surface area contributed by atoms with Crippen LogP contribution in [-0.2, 0) is 16.1 Å². The first-order chi connectivity index (χ1) is 14.7. The van der Waals surface area contributed by atoms with E-state index in [-0.39, 0.29) is 12.0 Å². The Balaban J connectivity index is 1.52. The molecule has 1 saturated heterocycles. The lowest BCUT2D eigenvalue weighted by Gasteiger charge is -2.21. The Morgan fingerprint density at radius 3 is 2.83 bits per heavy atom. The molecule has 1 aromatic carbocycles. The number of aliphatic imine (C=N–C) groups is 1. The molecule has 166 valence electrons. The van der Waals surface area contributed by atoms with Gasteiger partial charge in [0.1, 0.15) is 12.4 Å². The summed E-state index contributed by atoms with van der Waals surface area (Å²) in [5.74, 6) is 2.23. The van der Waals surface area contributed by atoms with Crippen LogP contribution < -0.4 is 15.4 Å². The third-order valence-electron chi connectivity index (χ3n) is 5.76. The van der Waals surface area contributed by atoms with E-state index in [4.69, 9.17) is 14.5 Å². The number of carbonyl (C=O) groups is 1. The number of rotatable bonds is 9. The van der Waals surface area contributed by atoms with Gasteiger partial charge < -0.3 is 25.0 Å². The highest BCUT2D eigenvalue weighted by Gasteiger charge is 2.32. The Morgan fingerprint density at radius 2 is 2.07 bits per heavy atom. The van der Waals surface area contributed by atoms with E-state index in [0.717, 1.165) is 56.2 Å².